The summed E-state index contributed by atoms with van der Waals surface area (Å²) >= 11 is 3.32. The minimum Gasteiger partial charge on any atom is -0.452 e. The van der Waals surface area contributed by atoms with Crippen molar-refractivity contribution in [2.75, 3.05) is 0 Å². The average Bonchev–Trinajstić information content (AvgIpc) is 2.00. The normalized spacial score (nSPS) is 18.1. The van der Waals surface area contributed by atoms with Crippen molar-refractivity contribution < 1.29 is 14.3 Å². The van der Waals surface area contributed by atoms with E-state index in [1.807, 2.05) is 0 Å². The summed E-state index contributed by atoms with van der Waals surface area (Å²) in [6, 6.07) is 5.22. The Balaban J connectivity index is 2.51. The third kappa shape index (κ3) is 1.62. The molecule has 0 radical (unpaired) electrons. The van der Waals surface area contributed by atoms with Crippen LogP contribution in [0, 0.1) is 0 Å². The zero-order valence-corrected chi connectivity index (χ0v) is 9.42. The summed E-state index contributed by atoms with van der Waals surface area (Å²) < 4.78 is 11.4. The van der Waals surface area contributed by atoms with Gasteiger partial charge in [0.05, 0.1) is 0 Å². The highest BCUT2D eigenvalue weighted by Crippen LogP contribution is 2.32. The van der Waals surface area contributed by atoms with Crippen LogP contribution in [0.4, 0.5) is 0 Å². The van der Waals surface area contributed by atoms with Gasteiger partial charge in [-0.2, -0.15) is 0 Å². The summed E-state index contributed by atoms with van der Waals surface area (Å²) in [5, 5.41) is 0. The standard InChI is InChI=1S/C10H9BrO3/c1-10(2)13-8-5-6(11)3-4-7(8)9(12)14-10/h3-5H,1-2H3. The zero-order chi connectivity index (χ0) is 10.3. The molecule has 0 saturated carbocycles. The zero-order valence-electron chi connectivity index (χ0n) is 7.83. The molecule has 14 heavy (non-hydrogen) atoms. The fourth-order valence-corrected chi connectivity index (χ4v) is 1.65. The minimum absolute atomic E-state index is 0.344. The molecule has 0 aliphatic carbocycles. The van der Waals surface area contributed by atoms with Crippen LogP contribution in [-0.2, 0) is 4.74 Å². The van der Waals surface area contributed by atoms with E-state index in [9.17, 15) is 4.79 Å². The molecule has 1 aromatic carbocycles. The summed E-state index contributed by atoms with van der Waals surface area (Å²) in [5.41, 5.74) is 0.465. The number of carbonyl (C=O) groups excluding carboxylic acids is 1. The molecule has 0 N–H and O–H groups in total. The van der Waals surface area contributed by atoms with Gasteiger partial charge in [-0.05, 0) is 18.2 Å². The summed E-state index contributed by atoms with van der Waals surface area (Å²) in [4.78, 5) is 11.5. The maximum absolute atomic E-state index is 11.5. The number of hydrogen-bond acceptors (Lipinski definition) is 3. The minimum atomic E-state index is -0.884. The lowest BCUT2D eigenvalue weighted by Gasteiger charge is -2.31. The van der Waals surface area contributed by atoms with E-state index in [4.69, 9.17) is 9.47 Å². The number of fused-ring (bicyclic) bond motifs is 1. The quantitative estimate of drug-likeness (QED) is 0.670. The number of esters is 1. The van der Waals surface area contributed by atoms with E-state index < -0.39 is 5.79 Å². The van der Waals surface area contributed by atoms with Gasteiger partial charge in [0.25, 0.3) is 0 Å². The molecule has 0 bridgehead atoms. The third-order valence-corrected chi connectivity index (χ3v) is 2.35. The molecule has 4 heteroatoms. The Hall–Kier alpha value is -1.03. The van der Waals surface area contributed by atoms with Gasteiger partial charge in [-0.15, -0.1) is 0 Å². The Kier molecular flexibility index (Phi) is 2.03. The van der Waals surface area contributed by atoms with Gasteiger partial charge in [0.1, 0.15) is 11.3 Å². The van der Waals surface area contributed by atoms with Gasteiger partial charge in [0.15, 0.2) is 0 Å². The first-order chi connectivity index (χ1) is 6.48. The summed E-state index contributed by atoms with van der Waals surface area (Å²) in [7, 11) is 0. The van der Waals surface area contributed by atoms with E-state index >= 15 is 0 Å². The molecule has 2 rings (SSSR count). The lowest BCUT2D eigenvalue weighted by Crippen LogP contribution is -2.38. The van der Waals surface area contributed by atoms with Crippen molar-refractivity contribution in [3.05, 3.63) is 28.2 Å². The summed E-state index contributed by atoms with van der Waals surface area (Å²) in [6.07, 6.45) is 0. The van der Waals surface area contributed by atoms with Gasteiger partial charge in [-0.25, -0.2) is 4.79 Å². The number of halogens is 1. The van der Waals surface area contributed by atoms with Gasteiger partial charge in [0.2, 0.25) is 5.79 Å². The Morgan fingerprint density at radius 1 is 1.29 bits per heavy atom. The molecule has 1 aliphatic heterocycles. The van der Waals surface area contributed by atoms with E-state index in [-0.39, 0.29) is 5.97 Å². The highest BCUT2D eigenvalue weighted by atomic mass is 79.9. The number of cyclic esters (lactones) is 1. The SMILES string of the molecule is CC1(C)OC(=O)c2ccc(Br)cc2O1. The van der Waals surface area contributed by atoms with E-state index in [2.05, 4.69) is 15.9 Å². The number of ether oxygens (including phenoxy) is 2. The van der Waals surface area contributed by atoms with Gasteiger partial charge < -0.3 is 9.47 Å². The number of carbonyl (C=O) groups is 1. The molecule has 0 fully saturated rings. The van der Waals surface area contributed by atoms with Crippen molar-refractivity contribution in [1.29, 1.82) is 0 Å². The van der Waals surface area contributed by atoms with Gasteiger partial charge >= 0.3 is 5.97 Å². The van der Waals surface area contributed by atoms with E-state index in [1.54, 1.807) is 32.0 Å². The molecule has 0 saturated heterocycles. The lowest BCUT2D eigenvalue weighted by atomic mass is 10.1. The van der Waals surface area contributed by atoms with E-state index in [1.165, 1.54) is 0 Å². The van der Waals surface area contributed by atoms with Crippen molar-refractivity contribution in [3.63, 3.8) is 0 Å². The van der Waals surface area contributed by atoms with Crippen LogP contribution < -0.4 is 4.74 Å². The number of benzene rings is 1. The molecule has 1 aromatic rings. The first kappa shape index (κ1) is 9.52. The second kappa shape index (κ2) is 2.98. The van der Waals surface area contributed by atoms with Crippen LogP contribution in [0.3, 0.4) is 0 Å². The summed E-state index contributed by atoms with van der Waals surface area (Å²) in [6.45, 7) is 3.41. The maximum atomic E-state index is 11.5. The second-order valence-corrected chi connectivity index (χ2v) is 4.45. The predicted molar refractivity (Wildman–Crippen MR) is 54.3 cm³/mol. The molecule has 1 heterocycles. The lowest BCUT2D eigenvalue weighted by molar-refractivity contribution is -0.127. The van der Waals surface area contributed by atoms with Crippen LogP contribution in [0.25, 0.3) is 0 Å². The molecule has 0 amide bonds. The Morgan fingerprint density at radius 3 is 2.71 bits per heavy atom. The van der Waals surface area contributed by atoms with Gasteiger partial charge in [-0.3, -0.25) is 0 Å². The number of hydrogen-bond donors (Lipinski definition) is 0. The van der Waals surface area contributed by atoms with Gasteiger partial charge in [0, 0.05) is 18.3 Å². The van der Waals surface area contributed by atoms with Crippen molar-refractivity contribution in [1.82, 2.24) is 0 Å². The second-order valence-electron chi connectivity index (χ2n) is 3.53. The van der Waals surface area contributed by atoms with Crippen LogP contribution in [-0.4, -0.2) is 11.8 Å². The van der Waals surface area contributed by atoms with Crippen molar-refractivity contribution in [2.45, 2.75) is 19.6 Å². The first-order valence-electron chi connectivity index (χ1n) is 4.20. The van der Waals surface area contributed by atoms with Crippen LogP contribution >= 0.6 is 15.9 Å². The van der Waals surface area contributed by atoms with E-state index in [0.717, 1.165) is 4.47 Å². The van der Waals surface area contributed by atoms with Crippen LogP contribution in [0.1, 0.15) is 24.2 Å². The molecule has 0 aromatic heterocycles. The van der Waals surface area contributed by atoms with Crippen LogP contribution in [0.5, 0.6) is 5.75 Å². The molecule has 0 atom stereocenters. The Labute approximate surface area is 90.1 Å². The summed E-state index contributed by atoms with van der Waals surface area (Å²) in [5.74, 6) is -0.672. The van der Waals surface area contributed by atoms with Crippen molar-refractivity contribution >= 4 is 21.9 Å². The Morgan fingerprint density at radius 2 is 2.00 bits per heavy atom. The van der Waals surface area contributed by atoms with Crippen molar-refractivity contribution in [3.8, 4) is 5.75 Å². The third-order valence-electron chi connectivity index (χ3n) is 1.86. The maximum Gasteiger partial charge on any atom is 0.345 e. The topological polar surface area (TPSA) is 35.5 Å². The molecule has 0 spiro atoms. The highest BCUT2D eigenvalue weighted by molar-refractivity contribution is 9.10. The van der Waals surface area contributed by atoms with E-state index in [0.29, 0.717) is 11.3 Å². The van der Waals surface area contributed by atoms with Crippen LogP contribution in [0.2, 0.25) is 0 Å². The highest BCUT2D eigenvalue weighted by Gasteiger charge is 2.33. The molecular formula is C10H9BrO3. The Bertz CT molecular complexity index is 398. The molecule has 0 unspecified atom stereocenters. The number of rotatable bonds is 0. The van der Waals surface area contributed by atoms with Crippen molar-refractivity contribution in [2.24, 2.45) is 0 Å². The van der Waals surface area contributed by atoms with Crippen LogP contribution in [0.15, 0.2) is 22.7 Å². The fraction of sp³-hybridized carbons (Fsp3) is 0.300. The predicted octanol–water partition coefficient (Wildman–Crippen LogP) is 2.73. The molecule has 1 aliphatic rings. The largest absolute Gasteiger partial charge is 0.452 e. The first-order valence-corrected chi connectivity index (χ1v) is 4.99. The smallest absolute Gasteiger partial charge is 0.345 e. The average molecular weight is 257 g/mol. The molecule has 3 nitrogen and oxygen atoms in total. The van der Waals surface area contributed by atoms with Gasteiger partial charge in [-0.1, -0.05) is 15.9 Å². The molecular weight excluding hydrogens is 248 g/mol. The molecule has 74 valence electrons. The fourth-order valence-electron chi connectivity index (χ4n) is 1.31. The monoisotopic (exact) mass is 256 g/mol.